The Hall–Kier alpha value is -0.610. The van der Waals surface area contributed by atoms with E-state index in [-0.39, 0.29) is 0 Å². The average Bonchev–Trinajstić information content (AvgIpc) is 2.45. The van der Waals surface area contributed by atoms with Gasteiger partial charge < -0.3 is 15.3 Å². The van der Waals surface area contributed by atoms with Gasteiger partial charge in [-0.1, -0.05) is 71.1 Å². The maximum absolute atomic E-state index is 11.1. The predicted octanol–water partition coefficient (Wildman–Crippen LogP) is 3.35. The van der Waals surface area contributed by atoms with Gasteiger partial charge in [0.15, 0.2) is 0 Å². The average molecular weight is 288 g/mol. The highest BCUT2D eigenvalue weighted by molar-refractivity contribution is 5.74. The Kier molecular flexibility index (Phi) is 11.8. The summed E-state index contributed by atoms with van der Waals surface area (Å²) in [6.45, 7) is 1.24. The van der Waals surface area contributed by atoms with Gasteiger partial charge in [0.2, 0.25) is 0 Å². The molecule has 0 saturated carbocycles. The molecule has 20 heavy (non-hydrogen) atoms. The highest BCUT2D eigenvalue weighted by atomic mass is 16.4. The summed E-state index contributed by atoms with van der Waals surface area (Å²) in [5.74, 6) is -1.10. The maximum atomic E-state index is 11.1. The van der Waals surface area contributed by atoms with E-state index in [0.29, 0.717) is 6.42 Å². The molecule has 0 aromatic heterocycles. The fourth-order valence-corrected chi connectivity index (χ4v) is 2.40. The molecule has 120 valence electrons. The van der Waals surface area contributed by atoms with Gasteiger partial charge >= 0.3 is 5.97 Å². The van der Waals surface area contributed by atoms with Crippen LogP contribution in [-0.2, 0) is 4.79 Å². The molecule has 0 aliphatic carbocycles. The van der Waals surface area contributed by atoms with E-state index in [1.807, 2.05) is 0 Å². The lowest BCUT2D eigenvalue weighted by molar-refractivity contribution is -0.155. The monoisotopic (exact) mass is 288 g/mol. The third-order valence-electron chi connectivity index (χ3n) is 4.07. The van der Waals surface area contributed by atoms with Crippen LogP contribution in [-0.4, -0.2) is 34.5 Å². The largest absolute Gasteiger partial charge is 0.481 e. The topological polar surface area (TPSA) is 77.8 Å². The zero-order valence-corrected chi connectivity index (χ0v) is 12.9. The minimum atomic E-state index is -1.35. The number of aliphatic hydroxyl groups excluding tert-OH is 2. The van der Waals surface area contributed by atoms with Gasteiger partial charge in [0.25, 0.3) is 0 Å². The zero-order chi connectivity index (χ0) is 15.3. The van der Waals surface area contributed by atoms with Crippen molar-refractivity contribution in [3.05, 3.63) is 0 Å². The number of hydrogen-bond donors (Lipinski definition) is 3. The molecule has 0 rings (SSSR count). The summed E-state index contributed by atoms with van der Waals surface area (Å²) in [5, 5.41) is 27.3. The van der Waals surface area contributed by atoms with Gasteiger partial charge in [-0.2, -0.15) is 0 Å². The molecular weight excluding hydrogens is 256 g/mol. The molecule has 0 radical (unpaired) electrons. The molecule has 3 N–H and O–H groups in total. The van der Waals surface area contributed by atoms with E-state index in [1.165, 1.54) is 44.9 Å². The third-order valence-corrected chi connectivity index (χ3v) is 4.07. The minimum Gasteiger partial charge on any atom is -0.481 e. The van der Waals surface area contributed by atoms with Gasteiger partial charge in [-0.25, -0.2) is 0 Å². The highest BCUT2D eigenvalue weighted by Crippen LogP contribution is 2.25. The quantitative estimate of drug-likeness (QED) is 0.428. The molecule has 0 fully saturated rings. The van der Waals surface area contributed by atoms with Crippen LogP contribution in [0.15, 0.2) is 0 Å². The van der Waals surface area contributed by atoms with Crippen LogP contribution in [0.2, 0.25) is 0 Å². The van der Waals surface area contributed by atoms with E-state index in [2.05, 4.69) is 6.92 Å². The summed E-state index contributed by atoms with van der Waals surface area (Å²) in [4.78, 5) is 11.1. The molecule has 0 saturated heterocycles. The van der Waals surface area contributed by atoms with E-state index in [0.717, 1.165) is 19.3 Å². The van der Waals surface area contributed by atoms with Crippen LogP contribution in [0, 0.1) is 5.41 Å². The lowest BCUT2D eigenvalue weighted by Gasteiger charge is -2.24. The molecule has 0 amide bonds. The summed E-state index contributed by atoms with van der Waals surface area (Å²) in [7, 11) is 0. The maximum Gasteiger partial charge on any atom is 0.314 e. The van der Waals surface area contributed by atoms with Crippen molar-refractivity contribution in [3.8, 4) is 0 Å². The molecular formula is C16H32O4. The Labute approximate surface area is 123 Å². The van der Waals surface area contributed by atoms with Gasteiger partial charge in [-0.05, 0) is 6.42 Å². The second-order valence-corrected chi connectivity index (χ2v) is 5.83. The first-order valence-electron chi connectivity index (χ1n) is 8.08. The first-order chi connectivity index (χ1) is 9.63. The summed E-state index contributed by atoms with van der Waals surface area (Å²) in [5.41, 5.74) is -1.35. The first kappa shape index (κ1) is 19.4. The normalized spacial score (nSPS) is 11.8. The fraction of sp³-hybridized carbons (Fsp3) is 0.938. The Morgan fingerprint density at radius 1 is 0.800 bits per heavy atom. The number of hydrogen-bond acceptors (Lipinski definition) is 3. The minimum absolute atomic E-state index is 0.353. The van der Waals surface area contributed by atoms with E-state index >= 15 is 0 Å². The molecule has 0 aliphatic rings. The van der Waals surface area contributed by atoms with Crippen LogP contribution < -0.4 is 0 Å². The van der Waals surface area contributed by atoms with Crippen LogP contribution >= 0.6 is 0 Å². The van der Waals surface area contributed by atoms with E-state index in [9.17, 15) is 4.79 Å². The van der Waals surface area contributed by atoms with Crippen LogP contribution in [0.3, 0.4) is 0 Å². The lowest BCUT2D eigenvalue weighted by atomic mass is 9.84. The van der Waals surface area contributed by atoms with Crippen molar-refractivity contribution in [3.63, 3.8) is 0 Å². The zero-order valence-electron chi connectivity index (χ0n) is 12.9. The number of carbonyl (C=O) groups is 1. The molecule has 0 atom stereocenters. The van der Waals surface area contributed by atoms with Crippen LogP contribution in [0.25, 0.3) is 0 Å². The van der Waals surface area contributed by atoms with Crippen molar-refractivity contribution in [2.45, 2.75) is 77.6 Å². The number of aliphatic hydroxyl groups is 2. The molecule has 0 aromatic rings. The standard InChI is InChI=1S/C16H32O4/c1-2-3-4-5-6-7-8-9-10-11-12-16(13-17,14-18)15(19)20/h17-18H,2-14H2,1H3,(H,19,20). The van der Waals surface area contributed by atoms with Crippen molar-refractivity contribution >= 4 is 5.97 Å². The van der Waals surface area contributed by atoms with Gasteiger partial charge in [-0.15, -0.1) is 0 Å². The Morgan fingerprint density at radius 3 is 1.55 bits per heavy atom. The molecule has 0 heterocycles. The molecule has 4 nitrogen and oxygen atoms in total. The van der Waals surface area contributed by atoms with Crippen LogP contribution in [0.4, 0.5) is 0 Å². The van der Waals surface area contributed by atoms with Gasteiger partial charge in [0.05, 0.1) is 13.2 Å². The number of rotatable bonds is 14. The molecule has 0 aliphatic heterocycles. The Morgan fingerprint density at radius 2 is 1.20 bits per heavy atom. The molecule has 0 unspecified atom stereocenters. The van der Waals surface area contributed by atoms with Gasteiger partial charge in [-0.3, -0.25) is 4.79 Å². The van der Waals surface area contributed by atoms with Crippen molar-refractivity contribution in [2.24, 2.45) is 5.41 Å². The van der Waals surface area contributed by atoms with Crippen molar-refractivity contribution in [2.75, 3.05) is 13.2 Å². The first-order valence-corrected chi connectivity index (χ1v) is 8.08. The SMILES string of the molecule is CCCCCCCCCCCCC(CO)(CO)C(=O)O. The lowest BCUT2D eigenvalue weighted by Crippen LogP contribution is -2.38. The van der Waals surface area contributed by atoms with Crippen LogP contribution in [0.1, 0.15) is 77.6 Å². The Bertz CT molecular complexity index is 237. The second kappa shape index (κ2) is 12.2. The van der Waals surface area contributed by atoms with Gasteiger partial charge in [0.1, 0.15) is 5.41 Å². The van der Waals surface area contributed by atoms with Crippen LogP contribution in [0.5, 0.6) is 0 Å². The van der Waals surface area contributed by atoms with E-state index in [4.69, 9.17) is 15.3 Å². The molecule has 0 bridgehead atoms. The fourth-order valence-electron chi connectivity index (χ4n) is 2.40. The Balaban J connectivity index is 3.53. The number of carboxylic acids is 1. The number of unbranched alkanes of at least 4 members (excludes halogenated alkanes) is 9. The summed E-state index contributed by atoms with van der Waals surface area (Å²) in [6.07, 6.45) is 12.2. The smallest absolute Gasteiger partial charge is 0.314 e. The van der Waals surface area contributed by atoms with Crippen molar-refractivity contribution in [1.82, 2.24) is 0 Å². The van der Waals surface area contributed by atoms with E-state index < -0.39 is 24.6 Å². The number of aliphatic carboxylic acids is 1. The molecule has 0 aromatic carbocycles. The summed E-state index contributed by atoms with van der Waals surface area (Å²) < 4.78 is 0. The third kappa shape index (κ3) is 7.85. The number of carboxylic acid groups (broad SMARTS) is 1. The highest BCUT2D eigenvalue weighted by Gasteiger charge is 2.36. The predicted molar refractivity (Wildman–Crippen MR) is 80.7 cm³/mol. The van der Waals surface area contributed by atoms with Crippen molar-refractivity contribution in [1.29, 1.82) is 0 Å². The molecule has 0 spiro atoms. The summed E-state index contributed by atoms with van der Waals surface area (Å²) >= 11 is 0. The molecule has 4 heteroatoms. The second-order valence-electron chi connectivity index (χ2n) is 5.83. The van der Waals surface area contributed by atoms with E-state index in [1.54, 1.807) is 0 Å². The van der Waals surface area contributed by atoms with Crippen molar-refractivity contribution < 1.29 is 20.1 Å². The van der Waals surface area contributed by atoms with Gasteiger partial charge in [0, 0.05) is 0 Å². The summed E-state index contributed by atoms with van der Waals surface area (Å²) in [6, 6.07) is 0.